The third-order valence-corrected chi connectivity index (χ3v) is 3.78. The molecular formula is C16H20FN3O4. The van der Waals surface area contributed by atoms with Crippen LogP contribution in [-0.4, -0.2) is 55.5 Å². The lowest BCUT2D eigenvalue weighted by Gasteiger charge is -2.33. The quantitative estimate of drug-likeness (QED) is 0.703. The number of nitrogens with one attached hydrogen (secondary N) is 2. The van der Waals surface area contributed by atoms with Gasteiger partial charge >= 0.3 is 5.97 Å². The highest BCUT2D eigenvalue weighted by Gasteiger charge is 2.32. The molecule has 1 atom stereocenters. The molecule has 0 radical (unpaired) electrons. The lowest BCUT2D eigenvalue weighted by atomic mass is 10.1. The van der Waals surface area contributed by atoms with E-state index >= 15 is 0 Å². The average Bonchev–Trinajstić information content (AvgIpc) is 2.57. The van der Waals surface area contributed by atoms with E-state index in [-0.39, 0.29) is 37.1 Å². The Hall–Kier alpha value is -2.48. The molecule has 2 N–H and O–H groups in total. The van der Waals surface area contributed by atoms with Crippen LogP contribution in [0, 0.1) is 5.82 Å². The van der Waals surface area contributed by atoms with Gasteiger partial charge in [0.15, 0.2) is 0 Å². The van der Waals surface area contributed by atoms with Crippen LogP contribution in [0.3, 0.4) is 0 Å². The Morgan fingerprint density at radius 1 is 1.38 bits per heavy atom. The molecule has 0 aliphatic carbocycles. The van der Waals surface area contributed by atoms with Gasteiger partial charge in [-0.3, -0.25) is 19.3 Å². The number of carbonyl (C=O) groups is 3. The van der Waals surface area contributed by atoms with Crippen LogP contribution in [0.15, 0.2) is 24.3 Å². The normalized spacial score (nSPS) is 17.9. The number of amides is 2. The van der Waals surface area contributed by atoms with Crippen molar-refractivity contribution in [2.75, 3.05) is 26.7 Å². The lowest BCUT2D eigenvalue weighted by Crippen LogP contribution is -2.57. The van der Waals surface area contributed by atoms with Crippen LogP contribution in [0.4, 0.5) is 4.39 Å². The number of ether oxygens (including phenoxy) is 1. The Morgan fingerprint density at radius 2 is 2.08 bits per heavy atom. The lowest BCUT2D eigenvalue weighted by molar-refractivity contribution is -0.146. The molecule has 1 aliphatic rings. The summed E-state index contributed by atoms with van der Waals surface area (Å²) in [5.74, 6) is -1.41. The molecule has 1 aliphatic heterocycles. The van der Waals surface area contributed by atoms with Crippen molar-refractivity contribution in [3.8, 4) is 0 Å². The monoisotopic (exact) mass is 337 g/mol. The maximum Gasteiger partial charge on any atom is 0.307 e. The van der Waals surface area contributed by atoms with Gasteiger partial charge in [0.2, 0.25) is 11.8 Å². The number of hydrogen-bond donors (Lipinski definition) is 2. The van der Waals surface area contributed by atoms with Crippen LogP contribution >= 0.6 is 0 Å². The second-order valence-electron chi connectivity index (χ2n) is 5.46. The first-order valence-corrected chi connectivity index (χ1v) is 7.59. The number of methoxy groups -OCH3 is 1. The van der Waals surface area contributed by atoms with Gasteiger partial charge in [-0.25, -0.2) is 4.39 Å². The summed E-state index contributed by atoms with van der Waals surface area (Å²) in [7, 11) is 1.25. The second-order valence-corrected chi connectivity index (χ2v) is 5.46. The van der Waals surface area contributed by atoms with Crippen LogP contribution in [0.1, 0.15) is 12.0 Å². The van der Waals surface area contributed by atoms with E-state index in [1.54, 1.807) is 17.0 Å². The Bertz CT molecular complexity index is 606. The molecule has 24 heavy (non-hydrogen) atoms. The first kappa shape index (κ1) is 17.9. The molecular weight excluding hydrogens is 317 g/mol. The van der Waals surface area contributed by atoms with Crippen molar-refractivity contribution in [3.05, 3.63) is 35.6 Å². The minimum atomic E-state index is -0.720. The van der Waals surface area contributed by atoms with Crippen LogP contribution < -0.4 is 10.6 Å². The molecule has 7 nitrogen and oxygen atoms in total. The molecule has 2 amide bonds. The maximum atomic E-state index is 12.8. The zero-order chi connectivity index (χ0) is 17.5. The van der Waals surface area contributed by atoms with Crippen molar-refractivity contribution in [1.82, 2.24) is 15.5 Å². The van der Waals surface area contributed by atoms with Crippen LogP contribution in [0.2, 0.25) is 0 Å². The van der Waals surface area contributed by atoms with Gasteiger partial charge in [-0.1, -0.05) is 12.1 Å². The molecule has 0 unspecified atom stereocenters. The fraction of sp³-hybridized carbons (Fsp3) is 0.438. The highest BCUT2D eigenvalue weighted by molar-refractivity contribution is 5.88. The van der Waals surface area contributed by atoms with E-state index in [9.17, 15) is 18.8 Å². The van der Waals surface area contributed by atoms with E-state index < -0.39 is 12.0 Å². The number of carbonyl (C=O) groups excluding carboxylic acids is 3. The Balaban J connectivity index is 1.89. The SMILES string of the molecule is COC(=O)C[C@H]1C(=O)NCCN1CC(=O)NCc1ccc(F)cc1. The van der Waals surface area contributed by atoms with Crippen LogP contribution in [-0.2, 0) is 25.7 Å². The third-order valence-electron chi connectivity index (χ3n) is 3.78. The number of halogens is 1. The van der Waals surface area contributed by atoms with Gasteiger partial charge < -0.3 is 15.4 Å². The molecule has 0 saturated carbocycles. The molecule has 2 rings (SSSR count). The molecule has 1 heterocycles. The van der Waals surface area contributed by atoms with Gasteiger partial charge in [-0.2, -0.15) is 0 Å². The molecule has 1 saturated heterocycles. The fourth-order valence-electron chi connectivity index (χ4n) is 2.46. The number of piperazine rings is 1. The van der Waals surface area contributed by atoms with Crippen molar-refractivity contribution in [3.63, 3.8) is 0 Å². The molecule has 1 aromatic carbocycles. The number of benzene rings is 1. The highest BCUT2D eigenvalue weighted by atomic mass is 19.1. The zero-order valence-electron chi connectivity index (χ0n) is 13.4. The Labute approximate surface area is 139 Å². The Kier molecular flexibility index (Phi) is 6.25. The summed E-state index contributed by atoms with van der Waals surface area (Å²) in [5.41, 5.74) is 0.771. The predicted octanol–water partition coefficient (Wildman–Crippen LogP) is -0.195. The first-order valence-electron chi connectivity index (χ1n) is 7.59. The second kappa shape index (κ2) is 8.39. The van der Waals surface area contributed by atoms with E-state index in [0.717, 1.165) is 5.56 Å². The van der Waals surface area contributed by atoms with Crippen LogP contribution in [0.25, 0.3) is 0 Å². The molecule has 0 spiro atoms. The van der Waals surface area contributed by atoms with Crippen LogP contribution in [0.5, 0.6) is 0 Å². The van der Waals surface area contributed by atoms with E-state index in [1.807, 2.05) is 0 Å². The average molecular weight is 337 g/mol. The highest BCUT2D eigenvalue weighted by Crippen LogP contribution is 2.09. The minimum Gasteiger partial charge on any atom is -0.469 e. The molecule has 1 aromatic rings. The van der Waals surface area contributed by atoms with Gasteiger partial charge in [0.25, 0.3) is 0 Å². The van der Waals surface area contributed by atoms with Gasteiger partial charge in [0.1, 0.15) is 11.9 Å². The van der Waals surface area contributed by atoms with Gasteiger partial charge in [0, 0.05) is 19.6 Å². The minimum absolute atomic E-state index is 0.00369. The summed E-state index contributed by atoms with van der Waals surface area (Å²) in [6, 6.07) is 5.10. The summed E-state index contributed by atoms with van der Waals surface area (Å²) >= 11 is 0. The summed E-state index contributed by atoms with van der Waals surface area (Å²) in [6.45, 7) is 1.15. The standard InChI is InChI=1S/C16H20FN3O4/c1-24-15(22)8-13-16(23)18-6-7-20(13)10-14(21)19-9-11-2-4-12(17)5-3-11/h2-5,13H,6-10H2,1H3,(H,18,23)(H,19,21)/t13-/m0/s1. The largest absolute Gasteiger partial charge is 0.469 e. The van der Waals surface area contributed by atoms with Crippen molar-refractivity contribution in [2.45, 2.75) is 19.0 Å². The van der Waals surface area contributed by atoms with E-state index in [2.05, 4.69) is 15.4 Å². The summed E-state index contributed by atoms with van der Waals surface area (Å²) in [5, 5.41) is 5.39. The van der Waals surface area contributed by atoms with E-state index in [4.69, 9.17) is 0 Å². The summed E-state index contributed by atoms with van der Waals surface area (Å²) in [4.78, 5) is 37.1. The summed E-state index contributed by atoms with van der Waals surface area (Å²) < 4.78 is 17.4. The van der Waals surface area contributed by atoms with Crippen molar-refractivity contribution in [1.29, 1.82) is 0 Å². The molecule has 0 bridgehead atoms. The first-order chi connectivity index (χ1) is 11.5. The third kappa shape index (κ3) is 5.02. The van der Waals surface area contributed by atoms with Gasteiger partial charge in [0.05, 0.1) is 20.1 Å². The molecule has 130 valence electrons. The fourth-order valence-corrected chi connectivity index (χ4v) is 2.46. The van der Waals surface area contributed by atoms with E-state index in [1.165, 1.54) is 19.2 Å². The smallest absolute Gasteiger partial charge is 0.307 e. The molecule has 8 heteroatoms. The van der Waals surface area contributed by atoms with Crippen molar-refractivity contribution >= 4 is 17.8 Å². The van der Waals surface area contributed by atoms with Crippen molar-refractivity contribution in [2.24, 2.45) is 0 Å². The van der Waals surface area contributed by atoms with Crippen molar-refractivity contribution < 1.29 is 23.5 Å². The van der Waals surface area contributed by atoms with Gasteiger partial charge in [-0.15, -0.1) is 0 Å². The zero-order valence-corrected chi connectivity index (χ0v) is 13.4. The maximum absolute atomic E-state index is 12.8. The molecule has 0 aromatic heterocycles. The van der Waals surface area contributed by atoms with Gasteiger partial charge in [-0.05, 0) is 17.7 Å². The molecule has 1 fully saturated rings. The Morgan fingerprint density at radius 3 is 2.75 bits per heavy atom. The number of nitrogens with zero attached hydrogens (tertiary/aromatic N) is 1. The van der Waals surface area contributed by atoms with E-state index in [0.29, 0.717) is 13.1 Å². The number of esters is 1. The summed E-state index contributed by atoms with van der Waals surface area (Å²) in [6.07, 6.45) is -0.104. The predicted molar refractivity (Wildman–Crippen MR) is 83.3 cm³/mol. The topological polar surface area (TPSA) is 87.7 Å². The number of rotatable bonds is 6. The number of hydrogen-bond acceptors (Lipinski definition) is 5.